The monoisotopic (exact) mass is 311 g/mol. The summed E-state index contributed by atoms with van der Waals surface area (Å²) in [7, 11) is 0. The van der Waals surface area contributed by atoms with Gasteiger partial charge >= 0.3 is 6.18 Å². The van der Waals surface area contributed by atoms with E-state index in [0.717, 1.165) is 12.5 Å². The average molecular weight is 312 g/mol. The van der Waals surface area contributed by atoms with Crippen LogP contribution in [0.4, 0.5) is 18.9 Å². The summed E-state index contributed by atoms with van der Waals surface area (Å²) in [6.07, 6.45) is -3.51. The largest absolute Gasteiger partial charge is 0.418 e. The molecule has 0 saturated carbocycles. The first-order valence-corrected chi connectivity index (χ1v) is 7.01. The Morgan fingerprint density at radius 2 is 1.90 bits per heavy atom. The van der Waals surface area contributed by atoms with E-state index in [0.29, 0.717) is 6.54 Å². The average Bonchev–Trinajstić information content (AvgIpc) is 2.40. The van der Waals surface area contributed by atoms with E-state index in [1.165, 1.54) is 23.3 Å². The maximum atomic E-state index is 13.0. The molecule has 0 spiro atoms. The Hall–Kier alpha value is -1.68. The Labute approximate surface area is 125 Å². The molecule has 0 heterocycles. The van der Waals surface area contributed by atoms with E-state index in [4.69, 9.17) is 11.6 Å². The number of fused-ring (bicyclic) bond motifs is 1. The van der Waals surface area contributed by atoms with Gasteiger partial charge < -0.3 is 5.32 Å². The van der Waals surface area contributed by atoms with Gasteiger partial charge in [-0.25, -0.2) is 0 Å². The van der Waals surface area contributed by atoms with Crippen molar-refractivity contribution in [2.45, 2.75) is 18.5 Å². The normalized spacial score (nSPS) is 17.0. The molecule has 1 atom stereocenters. The van der Waals surface area contributed by atoms with Gasteiger partial charge in [-0.3, -0.25) is 0 Å². The minimum atomic E-state index is -4.41. The first-order valence-electron chi connectivity index (χ1n) is 6.63. The summed E-state index contributed by atoms with van der Waals surface area (Å²) < 4.78 is 39.0. The zero-order valence-corrected chi connectivity index (χ0v) is 11.8. The molecule has 0 fully saturated rings. The molecule has 1 unspecified atom stereocenters. The van der Waals surface area contributed by atoms with Crippen LogP contribution < -0.4 is 5.32 Å². The van der Waals surface area contributed by atoms with Crippen molar-refractivity contribution in [3.05, 3.63) is 64.2 Å². The number of alkyl halides is 3. The third kappa shape index (κ3) is 2.86. The summed E-state index contributed by atoms with van der Waals surface area (Å²) in [5.74, 6) is 0.262. The molecule has 1 N–H and O–H groups in total. The van der Waals surface area contributed by atoms with Crippen molar-refractivity contribution in [1.29, 1.82) is 0 Å². The van der Waals surface area contributed by atoms with Crippen LogP contribution in [0.2, 0.25) is 5.02 Å². The summed E-state index contributed by atoms with van der Waals surface area (Å²) in [5, 5.41) is 3.00. The molecule has 110 valence electrons. The minimum Gasteiger partial charge on any atom is -0.384 e. The molecule has 1 nitrogen and oxygen atoms in total. The van der Waals surface area contributed by atoms with Gasteiger partial charge in [-0.1, -0.05) is 35.9 Å². The van der Waals surface area contributed by atoms with E-state index < -0.39 is 11.7 Å². The van der Waals surface area contributed by atoms with Gasteiger partial charge in [-0.05, 0) is 35.7 Å². The molecule has 3 rings (SSSR count). The van der Waals surface area contributed by atoms with Gasteiger partial charge in [0.25, 0.3) is 0 Å². The lowest BCUT2D eigenvalue weighted by molar-refractivity contribution is -0.136. The summed E-state index contributed by atoms with van der Waals surface area (Å²) in [4.78, 5) is 0. The van der Waals surface area contributed by atoms with Crippen LogP contribution in [0.15, 0.2) is 42.5 Å². The molecule has 0 aliphatic heterocycles. The van der Waals surface area contributed by atoms with Crippen molar-refractivity contribution in [2.24, 2.45) is 0 Å². The molecule has 0 saturated heterocycles. The third-order valence-corrected chi connectivity index (χ3v) is 4.02. The Bertz CT molecular complexity index is 667. The quantitative estimate of drug-likeness (QED) is 0.830. The molecule has 1 aliphatic carbocycles. The fourth-order valence-corrected chi connectivity index (χ4v) is 2.86. The summed E-state index contributed by atoms with van der Waals surface area (Å²) in [6, 6.07) is 11.8. The Morgan fingerprint density at radius 3 is 2.62 bits per heavy atom. The lowest BCUT2D eigenvalue weighted by Gasteiger charge is -2.31. The SMILES string of the molecule is FC(F)(F)c1cc(Cl)ccc1NCC1Cc2ccccc21. The number of hydrogen-bond acceptors (Lipinski definition) is 1. The second-order valence-corrected chi connectivity index (χ2v) is 5.60. The maximum Gasteiger partial charge on any atom is 0.418 e. The topological polar surface area (TPSA) is 12.0 Å². The highest BCUT2D eigenvalue weighted by Gasteiger charge is 2.34. The van der Waals surface area contributed by atoms with Crippen molar-refractivity contribution in [2.75, 3.05) is 11.9 Å². The van der Waals surface area contributed by atoms with Gasteiger partial charge in [0.15, 0.2) is 0 Å². The van der Waals surface area contributed by atoms with E-state index in [1.807, 2.05) is 18.2 Å². The van der Waals surface area contributed by atoms with Gasteiger partial charge in [0.1, 0.15) is 0 Å². The summed E-state index contributed by atoms with van der Waals surface area (Å²) in [5.41, 5.74) is 1.85. The molecule has 21 heavy (non-hydrogen) atoms. The highest BCUT2D eigenvalue weighted by atomic mass is 35.5. The van der Waals surface area contributed by atoms with Crippen LogP contribution >= 0.6 is 11.6 Å². The van der Waals surface area contributed by atoms with E-state index in [-0.39, 0.29) is 16.6 Å². The van der Waals surface area contributed by atoms with Gasteiger partial charge in [0, 0.05) is 23.2 Å². The number of benzene rings is 2. The maximum absolute atomic E-state index is 13.0. The van der Waals surface area contributed by atoms with Crippen LogP contribution in [0.5, 0.6) is 0 Å². The predicted molar refractivity (Wildman–Crippen MR) is 77.8 cm³/mol. The van der Waals surface area contributed by atoms with Crippen LogP contribution in [0.25, 0.3) is 0 Å². The fraction of sp³-hybridized carbons (Fsp3) is 0.250. The van der Waals surface area contributed by atoms with Gasteiger partial charge in [-0.2, -0.15) is 13.2 Å². The van der Waals surface area contributed by atoms with E-state index in [9.17, 15) is 13.2 Å². The molecule has 1 aliphatic rings. The van der Waals surface area contributed by atoms with Crippen LogP contribution in [0.1, 0.15) is 22.6 Å². The van der Waals surface area contributed by atoms with Crippen molar-refractivity contribution in [3.63, 3.8) is 0 Å². The molecule has 2 aromatic rings. The zero-order valence-electron chi connectivity index (χ0n) is 11.0. The number of nitrogens with one attached hydrogen (secondary N) is 1. The molecule has 0 aromatic heterocycles. The number of halogens is 4. The lowest BCUT2D eigenvalue weighted by atomic mass is 9.77. The number of anilines is 1. The summed E-state index contributed by atoms with van der Waals surface area (Å²) >= 11 is 5.66. The van der Waals surface area contributed by atoms with Crippen LogP contribution in [-0.2, 0) is 12.6 Å². The van der Waals surface area contributed by atoms with Gasteiger partial charge in [0.05, 0.1) is 5.56 Å². The first kappa shape index (κ1) is 14.3. The highest BCUT2D eigenvalue weighted by Crippen LogP contribution is 2.38. The van der Waals surface area contributed by atoms with E-state index >= 15 is 0 Å². The second-order valence-electron chi connectivity index (χ2n) is 5.17. The van der Waals surface area contributed by atoms with E-state index in [1.54, 1.807) is 0 Å². The predicted octanol–water partition coefficient (Wildman–Crippen LogP) is 5.11. The number of rotatable bonds is 3. The van der Waals surface area contributed by atoms with E-state index in [2.05, 4.69) is 11.4 Å². The fourth-order valence-electron chi connectivity index (χ4n) is 2.68. The minimum absolute atomic E-state index is 0.0799. The molecule has 0 bridgehead atoms. The van der Waals surface area contributed by atoms with Crippen molar-refractivity contribution >= 4 is 17.3 Å². The highest BCUT2D eigenvalue weighted by molar-refractivity contribution is 6.30. The van der Waals surface area contributed by atoms with Gasteiger partial charge in [0.2, 0.25) is 0 Å². The molecule has 0 amide bonds. The molecular weight excluding hydrogens is 299 g/mol. The Morgan fingerprint density at radius 1 is 1.14 bits per heavy atom. The standard InChI is InChI=1S/C16H13ClF3N/c17-12-5-6-15(14(8-12)16(18,19)20)21-9-11-7-10-3-1-2-4-13(10)11/h1-6,8,11,21H,7,9H2. The zero-order chi connectivity index (χ0) is 15.0. The van der Waals surface area contributed by atoms with Crippen molar-refractivity contribution < 1.29 is 13.2 Å². The molecular formula is C16H13ClF3N. The van der Waals surface area contributed by atoms with Crippen molar-refractivity contribution in [3.8, 4) is 0 Å². The lowest BCUT2D eigenvalue weighted by Crippen LogP contribution is -2.25. The first-order chi connectivity index (χ1) is 9.95. The van der Waals surface area contributed by atoms with Crippen molar-refractivity contribution in [1.82, 2.24) is 0 Å². The Kier molecular flexibility index (Phi) is 3.57. The molecule has 2 aromatic carbocycles. The van der Waals surface area contributed by atoms with Crippen LogP contribution in [0.3, 0.4) is 0 Å². The van der Waals surface area contributed by atoms with Crippen LogP contribution in [0, 0.1) is 0 Å². The Balaban J connectivity index is 1.75. The molecule has 5 heteroatoms. The van der Waals surface area contributed by atoms with Gasteiger partial charge in [-0.15, -0.1) is 0 Å². The molecule has 0 radical (unpaired) electrons. The summed E-state index contributed by atoms with van der Waals surface area (Å²) in [6.45, 7) is 0.488. The third-order valence-electron chi connectivity index (χ3n) is 3.79. The number of hydrogen-bond donors (Lipinski definition) is 1. The smallest absolute Gasteiger partial charge is 0.384 e. The van der Waals surface area contributed by atoms with Crippen LogP contribution in [-0.4, -0.2) is 6.54 Å². The second kappa shape index (κ2) is 5.26.